The zero-order valence-corrected chi connectivity index (χ0v) is 6.94. The second-order valence-electron chi connectivity index (χ2n) is 3.28. The minimum atomic E-state index is 0.349. The predicted molar refractivity (Wildman–Crippen MR) is 48.1 cm³/mol. The summed E-state index contributed by atoms with van der Waals surface area (Å²) in [6, 6.07) is 10.3. The van der Waals surface area contributed by atoms with E-state index in [9.17, 15) is 0 Å². The lowest BCUT2D eigenvalue weighted by atomic mass is 9.90. The molecule has 2 heteroatoms. The van der Waals surface area contributed by atoms with E-state index < -0.39 is 0 Å². The standard InChI is InChI=1S/C10H13NO/c11-8-6-10(7-8)12-9-4-2-1-3-5-9/h1-5,8,10H,6-7,11H2/t8-,10-. The lowest BCUT2D eigenvalue weighted by Gasteiger charge is -2.32. The van der Waals surface area contributed by atoms with E-state index >= 15 is 0 Å². The molecule has 0 atom stereocenters. The second-order valence-corrected chi connectivity index (χ2v) is 3.28. The maximum absolute atomic E-state index is 5.64. The van der Waals surface area contributed by atoms with E-state index in [1.807, 2.05) is 30.3 Å². The van der Waals surface area contributed by atoms with Crippen LogP contribution < -0.4 is 10.5 Å². The van der Waals surface area contributed by atoms with Crippen molar-refractivity contribution in [3.05, 3.63) is 30.3 Å². The molecule has 12 heavy (non-hydrogen) atoms. The molecule has 1 saturated carbocycles. The highest BCUT2D eigenvalue weighted by atomic mass is 16.5. The maximum atomic E-state index is 5.64. The van der Waals surface area contributed by atoms with Gasteiger partial charge < -0.3 is 10.5 Å². The van der Waals surface area contributed by atoms with E-state index in [-0.39, 0.29) is 0 Å². The minimum absolute atomic E-state index is 0.349. The average molecular weight is 163 g/mol. The Morgan fingerprint density at radius 2 is 1.83 bits per heavy atom. The van der Waals surface area contributed by atoms with Crippen LogP contribution in [0.15, 0.2) is 30.3 Å². The first kappa shape index (κ1) is 7.62. The van der Waals surface area contributed by atoms with Gasteiger partial charge in [-0.3, -0.25) is 0 Å². The van der Waals surface area contributed by atoms with Gasteiger partial charge in [0.25, 0.3) is 0 Å². The molecule has 2 nitrogen and oxygen atoms in total. The van der Waals surface area contributed by atoms with Crippen molar-refractivity contribution in [2.24, 2.45) is 5.73 Å². The smallest absolute Gasteiger partial charge is 0.119 e. The molecule has 1 fully saturated rings. The average Bonchev–Trinajstić information content (AvgIpc) is 2.04. The van der Waals surface area contributed by atoms with E-state index in [0.717, 1.165) is 18.6 Å². The molecule has 0 radical (unpaired) electrons. The summed E-state index contributed by atoms with van der Waals surface area (Å²) in [6.45, 7) is 0. The molecule has 2 N–H and O–H groups in total. The Kier molecular flexibility index (Phi) is 2.00. The van der Waals surface area contributed by atoms with E-state index in [4.69, 9.17) is 10.5 Å². The number of hydrogen-bond donors (Lipinski definition) is 1. The molecule has 1 aliphatic carbocycles. The van der Waals surface area contributed by atoms with Crippen LogP contribution in [0.25, 0.3) is 0 Å². The van der Waals surface area contributed by atoms with E-state index in [0.29, 0.717) is 12.1 Å². The molecule has 2 rings (SSSR count). The number of ether oxygens (including phenoxy) is 1. The van der Waals surface area contributed by atoms with Gasteiger partial charge in [-0.05, 0) is 25.0 Å². The summed E-state index contributed by atoms with van der Waals surface area (Å²) in [7, 11) is 0. The van der Waals surface area contributed by atoms with Gasteiger partial charge in [-0.2, -0.15) is 0 Å². The third-order valence-corrected chi connectivity index (χ3v) is 2.18. The largest absolute Gasteiger partial charge is 0.490 e. The predicted octanol–water partition coefficient (Wildman–Crippen LogP) is 1.56. The second kappa shape index (κ2) is 3.15. The van der Waals surface area contributed by atoms with Crippen molar-refractivity contribution < 1.29 is 4.74 Å². The summed E-state index contributed by atoms with van der Waals surface area (Å²) in [4.78, 5) is 0. The van der Waals surface area contributed by atoms with Gasteiger partial charge >= 0.3 is 0 Å². The molecule has 0 heterocycles. The lowest BCUT2D eigenvalue weighted by molar-refractivity contribution is 0.101. The van der Waals surface area contributed by atoms with Gasteiger partial charge in [-0.1, -0.05) is 18.2 Å². The van der Waals surface area contributed by atoms with Crippen LogP contribution in [-0.4, -0.2) is 12.1 Å². The quantitative estimate of drug-likeness (QED) is 0.718. The molecule has 0 saturated heterocycles. The zero-order chi connectivity index (χ0) is 8.39. The van der Waals surface area contributed by atoms with E-state index in [2.05, 4.69) is 0 Å². The third kappa shape index (κ3) is 1.59. The first-order valence-corrected chi connectivity index (χ1v) is 4.32. The zero-order valence-electron chi connectivity index (χ0n) is 6.94. The van der Waals surface area contributed by atoms with Crippen LogP contribution in [-0.2, 0) is 0 Å². The summed E-state index contributed by atoms with van der Waals surface area (Å²) < 4.78 is 5.64. The summed E-state index contributed by atoms with van der Waals surface area (Å²) in [5.74, 6) is 0.953. The highest BCUT2D eigenvalue weighted by Crippen LogP contribution is 2.23. The monoisotopic (exact) mass is 163 g/mol. The van der Waals surface area contributed by atoms with Crippen LogP contribution >= 0.6 is 0 Å². The fourth-order valence-corrected chi connectivity index (χ4v) is 1.39. The van der Waals surface area contributed by atoms with Crippen LogP contribution in [0.2, 0.25) is 0 Å². The van der Waals surface area contributed by atoms with E-state index in [1.165, 1.54) is 0 Å². The number of hydrogen-bond acceptors (Lipinski definition) is 2. The molecule has 0 bridgehead atoms. The molecular formula is C10H13NO. The topological polar surface area (TPSA) is 35.2 Å². The molecular weight excluding hydrogens is 150 g/mol. The van der Waals surface area contributed by atoms with Crippen molar-refractivity contribution in [1.82, 2.24) is 0 Å². The molecule has 0 unspecified atom stereocenters. The highest BCUT2D eigenvalue weighted by Gasteiger charge is 2.27. The molecule has 0 aliphatic heterocycles. The molecule has 1 aliphatic rings. The Hall–Kier alpha value is -1.02. The van der Waals surface area contributed by atoms with Crippen molar-refractivity contribution in [2.45, 2.75) is 25.0 Å². The van der Waals surface area contributed by atoms with Gasteiger partial charge in [0.05, 0.1) is 0 Å². The van der Waals surface area contributed by atoms with Crippen molar-refractivity contribution in [1.29, 1.82) is 0 Å². The van der Waals surface area contributed by atoms with Gasteiger partial charge in [-0.25, -0.2) is 0 Å². The highest BCUT2D eigenvalue weighted by molar-refractivity contribution is 5.21. The van der Waals surface area contributed by atoms with Crippen molar-refractivity contribution in [3.63, 3.8) is 0 Å². The fraction of sp³-hybridized carbons (Fsp3) is 0.400. The van der Waals surface area contributed by atoms with Crippen molar-refractivity contribution in [2.75, 3.05) is 0 Å². The van der Waals surface area contributed by atoms with Gasteiger partial charge in [0.2, 0.25) is 0 Å². The van der Waals surface area contributed by atoms with Crippen molar-refractivity contribution in [3.8, 4) is 5.75 Å². The van der Waals surface area contributed by atoms with Crippen molar-refractivity contribution >= 4 is 0 Å². The van der Waals surface area contributed by atoms with Crippen LogP contribution in [0.4, 0.5) is 0 Å². The number of para-hydroxylation sites is 1. The maximum Gasteiger partial charge on any atom is 0.119 e. The Balaban J connectivity index is 1.88. The first-order chi connectivity index (χ1) is 5.84. The van der Waals surface area contributed by atoms with Gasteiger partial charge in [0, 0.05) is 6.04 Å². The first-order valence-electron chi connectivity index (χ1n) is 4.32. The van der Waals surface area contributed by atoms with Gasteiger partial charge in [0.15, 0.2) is 0 Å². The molecule has 1 aromatic carbocycles. The molecule has 64 valence electrons. The SMILES string of the molecule is N[C@H]1C[C@H](Oc2ccccc2)C1. The Bertz CT molecular complexity index is 241. The summed E-state index contributed by atoms with van der Waals surface area (Å²) in [5.41, 5.74) is 5.64. The Morgan fingerprint density at radius 1 is 1.17 bits per heavy atom. The van der Waals surface area contributed by atoms with Crippen LogP contribution in [0, 0.1) is 0 Å². The Labute approximate surface area is 72.3 Å². The minimum Gasteiger partial charge on any atom is -0.490 e. The third-order valence-electron chi connectivity index (χ3n) is 2.18. The molecule has 0 amide bonds. The summed E-state index contributed by atoms with van der Waals surface area (Å²) in [5, 5.41) is 0. The number of benzene rings is 1. The molecule has 0 aromatic heterocycles. The normalized spacial score (nSPS) is 27.8. The number of nitrogens with two attached hydrogens (primary N) is 1. The Morgan fingerprint density at radius 3 is 2.42 bits per heavy atom. The fourth-order valence-electron chi connectivity index (χ4n) is 1.39. The van der Waals surface area contributed by atoms with Crippen LogP contribution in [0.5, 0.6) is 5.75 Å². The molecule has 1 aromatic rings. The molecule has 0 spiro atoms. The summed E-state index contributed by atoms with van der Waals surface area (Å²) in [6.07, 6.45) is 2.34. The van der Waals surface area contributed by atoms with Crippen LogP contribution in [0.1, 0.15) is 12.8 Å². The number of rotatable bonds is 2. The van der Waals surface area contributed by atoms with Crippen LogP contribution in [0.3, 0.4) is 0 Å². The van der Waals surface area contributed by atoms with Gasteiger partial charge in [0.1, 0.15) is 11.9 Å². The van der Waals surface area contributed by atoms with E-state index in [1.54, 1.807) is 0 Å². The lowest BCUT2D eigenvalue weighted by Crippen LogP contribution is -2.43. The van der Waals surface area contributed by atoms with Gasteiger partial charge in [-0.15, -0.1) is 0 Å². The summed E-state index contributed by atoms with van der Waals surface area (Å²) >= 11 is 0.